The monoisotopic (exact) mass is 531 g/mol. The van der Waals surface area contributed by atoms with E-state index in [1.54, 1.807) is 10.7 Å². The summed E-state index contributed by atoms with van der Waals surface area (Å²) in [6.07, 6.45) is 0. The minimum absolute atomic E-state index is 0.0161. The van der Waals surface area contributed by atoms with Crippen LogP contribution >= 0.6 is 22.6 Å². The van der Waals surface area contributed by atoms with Crippen LogP contribution in [-0.2, 0) is 0 Å². The molecule has 0 atom stereocenters. The first-order valence-corrected chi connectivity index (χ1v) is 11.0. The second kappa shape index (κ2) is 8.66. The molecule has 1 amide bonds. The van der Waals surface area contributed by atoms with Gasteiger partial charge in [0.15, 0.2) is 0 Å². The second-order valence-corrected chi connectivity index (χ2v) is 8.69. The van der Waals surface area contributed by atoms with Gasteiger partial charge >= 0.3 is 0 Å². The number of carbonyl (C=O) groups is 1. The molecule has 1 saturated heterocycles. The Morgan fingerprint density at radius 2 is 1.77 bits per heavy atom. The van der Waals surface area contributed by atoms with Crippen molar-refractivity contribution >= 4 is 39.9 Å². The number of nitro benzene ring substituents is 1. The Labute approximate surface area is 193 Å². The highest BCUT2D eigenvalue weighted by Crippen LogP contribution is 2.30. The van der Waals surface area contributed by atoms with Gasteiger partial charge in [-0.15, -0.1) is 0 Å². The van der Waals surface area contributed by atoms with Crippen molar-refractivity contribution in [2.24, 2.45) is 0 Å². The highest BCUT2D eigenvalue weighted by molar-refractivity contribution is 14.1. The fourth-order valence-electron chi connectivity index (χ4n) is 3.88. The number of benzene rings is 2. The number of hydrogen-bond acceptors (Lipinski definition) is 5. The van der Waals surface area contributed by atoms with Crippen molar-refractivity contribution in [2.75, 3.05) is 31.1 Å². The molecule has 3 aromatic rings. The Morgan fingerprint density at radius 3 is 2.39 bits per heavy atom. The predicted molar refractivity (Wildman–Crippen MR) is 127 cm³/mol. The number of aryl methyl sites for hydroxylation is 2. The van der Waals surface area contributed by atoms with Crippen LogP contribution in [0.15, 0.2) is 48.5 Å². The molecule has 1 aliphatic rings. The van der Waals surface area contributed by atoms with Gasteiger partial charge in [0.25, 0.3) is 11.6 Å². The highest BCUT2D eigenvalue weighted by Gasteiger charge is 2.25. The third-order valence-corrected chi connectivity index (χ3v) is 6.37. The quantitative estimate of drug-likeness (QED) is 0.289. The number of carbonyl (C=O) groups excluding carboxylic acids is 1. The Balaban J connectivity index is 1.56. The van der Waals surface area contributed by atoms with Crippen molar-refractivity contribution in [2.45, 2.75) is 13.8 Å². The molecule has 160 valence electrons. The zero-order valence-corrected chi connectivity index (χ0v) is 19.4. The van der Waals surface area contributed by atoms with Gasteiger partial charge in [0, 0.05) is 47.2 Å². The Bertz CT molecular complexity index is 1150. The lowest BCUT2D eigenvalue weighted by Crippen LogP contribution is -2.49. The van der Waals surface area contributed by atoms with Gasteiger partial charge in [-0.25, -0.2) is 4.68 Å². The van der Waals surface area contributed by atoms with Crippen LogP contribution in [0.25, 0.3) is 5.69 Å². The molecule has 0 radical (unpaired) electrons. The van der Waals surface area contributed by atoms with Crippen LogP contribution in [0, 0.1) is 27.5 Å². The first kappa shape index (κ1) is 21.3. The maximum Gasteiger partial charge on any atom is 0.295 e. The van der Waals surface area contributed by atoms with Gasteiger partial charge in [-0.3, -0.25) is 14.9 Å². The summed E-state index contributed by atoms with van der Waals surface area (Å²) in [5, 5.41) is 16.0. The molecule has 0 bridgehead atoms. The van der Waals surface area contributed by atoms with Crippen LogP contribution in [0.3, 0.4) is 0 Å². The fourth-order valence-corrected chi connectivity index (χ4v) is 4.50. The van der Waals surface area contributed by atoms with Crippen LogP contribution < -0.4 is 4.90 Å². The van der Waals surface area contributed by atoms with E-state index < -0.39 is 0 Å². The van der Waals surface area contributed by atoms with E-state index in [0.717, 1.165) is 26.2 Å². The Hall–Kier alpha value is -2.95. The fraction of sp³-hybridized carbons (Fsp3) is 0.273. The summed E-state index contributed by atoms with van der Waals surface area (Å²) >= 11 is 2.19. The number of anilines is 1. The molecule has 0 unspecified atom stereocenters. The largest absolute Gasteiger partial charge is 0.368 e. The van der Waals surface area contributed by atoms with E-state index in [1.165, 1.54) is 6.07 Å². The van der Waals surface area contributed by atoms with E-state index in [9.17, 15) is 14.9 Å². The molecule has 2 heterocycles. The van der Waals surface area contributed by atoms with Gasteiger partial charge in [0.05, 0.1) is 16.2 Å². The Kier molecular flexibility index (Phi) is 5.94. The van der Waals surface area contributed by atoms with Crippen molar-refractivity contribution in [1.29, 1.82) is 0 Å². The summed E-state index contributed by atoms with van der Waals surface area (Å²) in [4.78, 5) is 28.1. The number of piperazine rings is 1. The van der Waals surface area contributed by atoms with Crippen LogP contribution in [0.5, 0.6) is 0 Å². The summed E-state index contributed by atoms with van der Waals surface area (Å²) in [7, 11) is 0. The molecule has 0 saturated carbocycles. The lowest BCUT2D eigenvalue weighted by atomic mass is 10.1. The average Bonchev–Trinajstić information content (AvgIpc) is 3.11. The van der Waals surface area contributed by atoms with Gasteiger partial charge in [-0.2, -0.15) is 5.10 Å². The molecular formula is C22H22IN5O3. The first-order valence-electron chi connectivity index (χ1n) is 9.96. The molecular weight excluding hydrogens is 509 g/mol. The number of rotatable bonds is 4. The molecule has 1 aliphatic heterocycles. The lowest BCUT2D eigenvalue weighted by Gasteiger charge is -2.36. The molecule has 0 N–H and O–H groups in total. The van der Waals surface area contributed by atoms with E-state index in [1.807, 2.05) is 55.1 Å². The predicted octanol–water partition coefficient (Wildman–Crippen LogP) is 3.96. The molecule has 0 aliphatic carbocycles. The second-order valence-electron chi connectivity index (χ2n) is 7.53. The first-order chi connectivity index (χ1) is 14.8. The molecule has 9 heteroatoms. The number of nitro groups is 1. The van der Waals surface area contributed by atoms with Gasteiger partial charge in [0.1, 0.15) is 5.69 Å². The van der Waals surface area contributed by atoms with Gasteiger partial charge in [-0.05, 0) is 66.8 Å². The van der Waals surface area contributed by atoms with Gasteiger partial charge in [-0.1, -0.05) is 12.1 Å². The molecule has 8 nitrogen and oxygen atoms in total. The molecule has 31 heavy (non-hydrogen) atoms. The molecule has 2 aromatic carbocycles. The minimum atomic E-state index is -0.381. The normalized spacial score (nSPS) is 14.0. The van der Waals surface area contributed by atoms with Crippen molar-refractivity contribution in [3.63, 3.8) is 0 Å². The third kappa shape index (κ3) is 4.27. The summed E-state index contributed by atoms with van der Waals surface area (Å²) in [6, 6.07) is 14.6. The van der Waals surface area contributed by atoms with Crippen molar-refractivity contribution in [3.8, 4) is 5.69 Å². The van der Waals surface area contributed by atoms with Gasteiger partial charge in [0.2, 0.25) is 0 Å². The summed E-state index contributed by atoms with van der Waals surface area (Å²) in [6.45, 7) is 6.24. The summed E-state index contributed by atoms with van der Waals surface area (Å²) in [5.74, 6) is 0.0386. The lowest BCUT2D eigenvalue weighted by molar-refractivity contribution is -0.384. The van der Waals surface area contributed by atoms with Gasteiger partial charge < -0.3 is 9.80 Å². The molecule has 4 rings (SSSR count). The van der Waals surface area contributed by atoms with Crippen molar-refractivity contribution in [1.82, 2.24) is 14.7 Å². The minimum Gasteiger partial charge on any atom is -0.368 e. The maximum absolute atomic E-state index is 12.9. The van der Waals surface area contributed by atoms with Crippen molar-refractivity contribution < 1.29 is 9.72 Å². The smallest absolute Gasteiger partial charge is 0.295 e. The van der Waals surface area contributed by atoms with E-state index in [-0.39, 0.29) is 16.5 Å². The van der Waals surface area contributed by atoms with Crippen LogP contribution in [-0.4, -0.2) is 51.7 Å². The topological polar surface area (TPSA) is 84.5 Å². The van der Waals surface area contributed by atoms with E-state index in [0.29, 0.717) is 31.9 Å². The summed E-state index contributed by atoms with van der Waals surface area (Å²) in [5.41, 5.74) is 3.71. The number of nitrogens with zero attached hydrogens (tertiary/aromatic N) is 5. The van der Waals surface area contributed by atoms with E-state index >= 15 is 0 Å². The number of aromatic nitrogens is 2. The van der Waals surface area contributed by atoms with Crippen molar-refractivity contribution in [3.05, 3.63) is 79.2 Å². The third-order valence-electron chi connectivity index (χ3n) is 5.43. The zero-order valence-electron chi connectivity index (χ0n) is 17.3. The molecule has 1 fully saturated rings. The van der Waals surface area contributed by atoms with Crippen LogP contribution in [0.2, 0.25) is 0 Å². The number of amides is 1. The van der Waals surface area contributed by atoms with Crippen LogP contribution in [0.1, 0.15) is 21.7 Å². The number of halogens is 1. The Morgan fingerprint density at radius 1 is 1.06 bits per heavy atom. The zero-order chi connectivity index (χ0) is 22.1. The highest BCUT2D eigenvalue weighted by atomic mass is 127. The molecule has 0 spiro atoms. The maximum atomic E-state index is 12.9. The van der Waals surface area contributed by atoms with Crippen LogP contribution in [0.4, 0.5) is 11.4 Å². The average molecular weight is 531 g/mol. The van der Waals surface area contributed by atoms with E-state index in [4.69, 9.17) is 0 Å². The van der Waals surface area contributed by atoms with E-state index in [2.05, 4.69) is 32.6 Å². The standard InChI is InChI=1S/C22H22IN5O3/c1-15-13-16(2)27(24-15)21-14-17(7-8-20(21)28(30)31)25-9-11-26(12-10-25)22(29)18-5-3-4-6-19(18)23/h3-8,13-14H,9-12H2,1-2H3. The summed E-state index contributed by atoms with van der Waals surface area (Å²) < 4.78 is 2.56. The molecule has 1 aromatic heterocycles. The number of hydrogen-bond donors (Lipinski definition) is 0. The SMILES string of the molecule is Cc1cc(C)n(-c2cc(N3CCN(C(=O)c4ccccc4I)CC3)ccc2[N+](=O)[O-])n1.